The van der Waals surface area contributed by atoms with Crippen LogP contribution in [0.4, 0.5) is 0 Å². The van der Waals surface area contributed by atoms with Gasteiger partial charge in [0.05, 0.1) is 36.6 Å². The zero-order chi connectivity index (χ0) is 22.9. The second-order valence-electron chi connectivity index (χ2n) is 9.60. The Balaban J connectivity index is 1.58. The number of methoxy groups -OCH3 is 1. The average molecular weight is 519 g/mol. The van der Waals surface area contributed by atoms with Crippen LogP contribution in [0.5, 0.6) is 17.2 Å². The number of hydrogen-bond donors (Lipinski definition) is 2. The molecule has 8 nitrogen and oxygen atoms in total. The van der Waals surface area contributed by atoms with Crippen molar-refractivity contribution in [3.8, 4) is 17.2 Å². The molecule has 9 heteroatoms. The molecule has 3 fully saturated rings. The van der Waals surface area contributed by atoms with Crippen molar-refractivity contribution in [3.05, 3.63) is 28.3 Å². The van der Waals surface area contributed by atoms with Gasteiger partial charge in [-0.15, -0.1) is 0 Å². The van der Waals surface area contributed by atoms with Crippen LogP contribution in [0.2, 0.25) is 0 Å². The number of Topliss-reactive ketones (excluding diaryl/α,β-unsaturated/α-hetero) is 1. The number of aromatic hydroxyl groups is 1. The highest BCUT2D eigenvalue weighted by Gasteiger charge is 2.89. The van der Waals surface area contributed by atoms with Gasteiger partial charge in [0.15, 0.2) is 17.0 Å². The summed E-state index contributed by atoms with van der Waals surface area (Å²) in [6, 6.07) is 1.95. The van der Waals surface area contributed by atoms with E-state index in [-0.39, 0.29) is 18.1 Å². The van der Waals surface area contributed by atoms with E-state index in [0.29, 0.717) is 59.0 Å². The zero-order valence-electron chi connectivity index (χ0n) is 18.2. The van der Waals surface area contributed by atoms with Gasteiger partial charge >= 0.3 is 0 Å². The number of benzene rings is 2. The number of ether oxygens (including phenoxy) is 5. The predicted octanol–water partition coefficient (Wildman–Crippen LogP) is 2.84. The van der Waals surface area contributed by atoms with Crippen molar-refractivity contribution in [1.82, 2.24) is 0 Å². The summed E-state index contributed by atoms with van der Waals surface area (Å²) >= 11 is 3.51. The highest BCUT2D eigenvalue weighted by atomic mass is 79.9. The molecular weight excluding hydrogens is 496 g/mol. The second kappa shape index (κ2) is 6.20. The lowest BCUT2D eigenvalue weighted by atomic mass is 9.73. The average Bonchev–Trinajstić information content (AvgIpc) is 3.47. The molecule has 5 aliphatic rings. The highest BCUT2D eigenvalue weighted by Crippen LogP contribution is 2.70. The summed E-state index contributed by atoms with van der Waals surface area (Å²) in [5.74, 6) is -0.330. The van der Waals surface area contributed by atoms with Crippen molar-refractivity contribution >= 4 is 32.5 Å². The van der Waals surface area contributed by atoms with Gasteiger partial charge in [0.2, 0.25) is 5.79 Å². The lowest BCUT2D eigenvalue weighted by Gasteiger charge is -2.48. The Bertz CT molecular complexity index is 1270. The van der Waals surface area contributed by atoms with E-state index in [0.717, 1.165) is 16.7 Å². The van der Waals surface area contributed by atoms with Crippen LogP contribution >= 0.6 is 15.9 Å². The van der Waals surface area contributed by atoms with Crippen molar-refractivity contribution in [2.24, 2.45) is 0 Å². The third kappa shape index (κ3) is 2.03. The summed E-state index contributed by atoms with van der Waals surface area (Å²) < 4.78 is 31.2. The predicted molar refractivity (Wildman–Crippen MR) is 119 cm³/mol. The molecule has 5 atom stereocenters. The van der Waals surface area contributed by atoms with Crippen LogP contribution in [0.1, 0.15) is 46.0 Å². The SMILES string of the molecule is COc1c2c(c(O)c3c4c(c(C)cc13)C1OC3(CBr)OC1[C@@](CO)(O4)[C@@]31CO1)C(=O)CCC2. The van der Waals surface area contributed by atoms with E-state index in [4.69, 9.17) is 23.7 Å². The number of carbonyl (C=O) groups excluding carboxylic acids is 1. The number of alkyl halides is 1. The first kappa shape index (κ1) is 20.5. The van der Waals surface area contributed by atoms with Crippen molar-refractivity contribution < 1.29 is 38.7 Å². The minimum atomic E-state index is -1.20. The molecule has 2 aromatic rings. The lowest BCUT2D eigenvalue weighted by molar-refractivity contribution is -0.214. The van der Waals surface area contributed by atoms with Gasteiger partial charge in [-0.05, 0) is 31.4 Å². The maximum atomic E-state index is 12.9. The number of aryl methyl sites for hydroxylation is 1. The number of carbonyl (C=O) groups is 1. The molecule has 1 aliphatic carbocycles. The number of halogens is 1. The van der Waals surface area contributed by atoms with Crippen molar-refractivity contribution in [2.75, 3.05) is 25.7 Å². The van der Waals surface area contributed by atoms with Gasteiger partial charge < -0.3 is 33.9 Å². The fourth-order valence-corrected chi connectivity index (χ4v) is 7.39. The molecule has 0 saturated carbocycles. The minimum absolute atomic E-state index is 0.107. The molecule has 2 aromatic carbocycles. The van der Waals surface area contributed by atoms with E-state index in [1.165, 1.54) is 0 Å². The van der Waals surface area contributed by atoms with Crippen molar-refractivity contribution in [2.45, 2.75) is 55.4 Å². The Hall–Kier alpha value is -1.91. The first-order chi connectivity index (χ1) is 15.9. The molecular formula is C24H23BrO8. The molecule has 2 N–H and O–H groups in total. The molecule has 0 radical (unpaired) electrons. The van der Waals surface area contributed by atoms with Gasteiger partial charge in [-0.2, -0.15) is 0 Å². The smallest absolute Gasteiger partial charge is 0.215 e. The standard InChI is InChI=1S/C24H23BrO8/c1-10-6-12-16(17(28)15-11(18(12)29-2)4-3-5-13(15)27)19-14(10)20-21-22(8-26,31-19)23(9-30-23)24(7-25,32-20)33-21/h6,20-21,26,28H,3-5,7-9H2,1-2H3/t20?,21?,22-,23+,24?/m1/s1. The van der Waals surface area contributed by atoms with Crippen LogP contribution in [-0.2, 0) is 20.6 Å². The summed E-state index contributed by atoms with van der Waals surface area (Å²) in [5.41, 5.74) is 0.502. The third-order valence-corrected chi connectivity index (χ3v) is 8.95. The van der Waals surface area contributed by atoms with Gasteiger partial charge in [-0.1, -0.05) is 15.9 Å². The number of fused-ring (bicyclic) bond motifs is 8. The van der Waals surface area contributed by atoms with E-state index in [2.05, 4.69) is 15.9 Å². The number of epoxide rings is 1. The number of hydrogen-bond acceptors (Lipinski definition) is 8. The molecule has 3 saturated heterocycles. The van der Waals surface area contributed by atoms with Crippen LogP contribution in [-0.4, -0.2) is 64.7 Å². The minimum Gasteiger partial charge on any atom is -0.506 e. The monoisotopic (exact) mass is 518 g/mol. The van der Waals surface area contributed by atoms with Crippen LogP contribution < -0.4 is 9.47 Å². The van der Waals surface area contributed by atoms with Gasteiger partial charge in [0.1, 0.15) is 29.5 Å². The molecule has 0 aromatic heterocycles. The van der Waals surface area contributed by atoms with Gasteiger partial charge in [-0.25, -0.2) is 0 Å². The van der Waals surface area contributed by atoms with Crippen molar-refractivity contribution in [1.29, 1.82) is 0 Å². The molecule has 0 amide bonds. The van der Waals surface area contributed by atoms with E-state index in [9.17, 15) is 15.0 Å². The Morgan fingerprint density at radius 1 is 1.30 bits per heavy atom. The first-order valence-electron chi connectivity index (χ1n) is 11.2. The second-order valence-corrected chi connectivity index (χ2v) is 10.2. The quantitative estimate of drug-likeness (QED) is 0.471. The Morgan fingerprint density at radius 2 is 2.09 bits per heavy atom. The van der Waals surface area contributed by atoms with Crippen LogP contribution in [0.3, 0.4) is 0 Å². The summed E-state index contributed by atoms with van der Waals surface area (Å²) in [6.07, 6.45) is 0.642. The maximum absolute atomic E-state index is 12.9. The fourth-order valence-electron chi connectivity index (χ4n) is 6.68. The fraction of sp³-hybridized carbons (Fsp3) is 0.542. The summed E-state index contributed by atoms with van der Waals surface area (Å²) in [7, 11) is 1.57. The number of aliphatic hydroxyl groups excluding tert-OH is 1. The summed E-state index contributed by atoms with van der Waals surface area (Å²) in [5, 5.41) is 23.5. The topological polar surface area (TPSA) is 107 Å². The molecule has 7 rings (SSSR count). The Kier molecular flexibility index (Phi) is 3.84. The van der Waals surface area contributed by atoms with Gasteiger partial charge in [-0.3, -0.25) is 4.79 Å². The summed E-state index contributed by atoms with van der Waals surface area (Å²) in [6.45, 7) is 1.93. The van der Waals surface area contributed by atoms with E-state index >= 15 is 0 Å². The number of phenolic OH excluding ortho intramolecular Hbond substituents is 1. The normalized spacial score (nSPS) is 37.3. The first-order valence-corrected chi connectivity index (χ1v) is 12.3. The van der Waals surface area contributed by atoms with Crippen LogP contribution in [0, 0.1) is 6.92 Å². The molecule has 1 spiro atoms. The Labute approximate surface area is 197 Å². The van der Waals surface area contributed by atoms with Gasteiger partial charge in [0, 0.05) is 22.9 Å². The van der Waals surface area contributed by atoms with E-state index in [1.807, 2.05) is 13.0 Å². The van der Waals surface area contributed by atoms with Crippen molar-refractivity contribution in [3.63, 3.8) is 0 Å². The molecule has 4 heterocycles. The number of aliphatic hydroxyl groups is 1. The molecule has 33 heavy (non-hydrogen) atoms. The number of rotatable bonds is 3. The van der Waals surface area contributed by atoms with Crippen LogP contribution in [0.15, 0.2) is 6.07 Å². The molecule has 3 unspecified atom stereocenters. The lowest BCUT2D eigenvalue weighted by Crippen LogP contribution is -2.68. The number of phenols is 1. The zero-order valence-corrected chi connectivity index (χ0v) is 19.8. The molecule has 4 aliphatic heterocycles. The maximum Gasteiger partial charge on any atom is 0.215 e. The number of ketones is 1. The van der Waals surface area contributed by atoms with E-state index < -0.39 is 29.2 Å². The largest absolute Gasteiger partial charge is 0.506 e. The molecule has 174 valence electrons. The van der Waals surface area contributed by atoms with Gasteiger partial charge in [0.25, 0.3) is 0 Å². The Morgan fingerprint density at radius 3 is 2.76 bits per heavy atom. The van der Waals surface area contributed by atoms with E-state index in [1.54, 1.807) is 7.11 Å². The van der Waals surface area contributed by atoms with Crippen LogP contribution in [0.25, 0.3) is 10.8 Å². The molecule has 2 bridgehead atoms. The highest BCUT2D eigenvalue weighted by molar-refractivity contribution is 9.09. The third-order valence-electron chi connectivity index (χ3n) is 8.22. The summed E-state index contributed by atoms with van der Waals surface area (Å²) in [4.78, 5) is 12.9.